The number of nitrogens with zero attached hydrogens (tertiary/aromatic N) is 1. The van der Waals surface area contributed by atoms with Crippen LogP contribution in [-0.2, 0) is 6.54 Å². The summed E-state index contributed by atoms with van der Waals surface area (Å²) in [6, 6.07) is 17.4. The van der Waals surface area contributed by atoms with Crippen LogP contribution in [0.15, 0.2) is 71.1 Å². The van der Waals surface area contributed by atoms with E-state index in [1.807, 2.05) is 23.6 Å². The lowest BCUT2D eigenvalue weighted by molar-refractivity contribution is 0.602. The topological polar surface area (TPSA) is 37.0 Å². The number of nitrogens with one attached hydrogen (secondary N) is 2. The summed E-state index contributed by atoms with van der Waals surface area (Å²) in [7, 11) is 0. The zero-order chi connectivity index (χ0) is 18.6. The van der Waals surface area contributed by atoms with Crippen LogP contribution in [0.5, 0.6) is 0 Å². The minimum atomic E-state index is -0.339. The molecule has 1 aromatic heterocycles. The Labute approximate surface area is 169 Å². The van der Waals surface area contributed by atoms with Gasteiger partial charge in [0.05, 0.1) is 15.6 Å². The minimum Gasteiger partial charge on any atom is -0.380 e. The van der Waals surface area contributed by atoms with Gasteiger partial charge >= 0.3 is 0 Å². The summed E-state index contributed by atoms with van der Waals surface area (Å²) < 4.78 is 17.5. The van der Waals surface area contributed by atoms with Gasteiger partial charge in [-0.1, -0.05) is 54.1 Å². The number of hydrogen-bond donors (Lipinski definition) is 2. The molecule has 0 bridgehead atoms. The highest BCUT2D eigenvalue weighted by atomic mass is 35.5. The molecule has 1 heterocycles. The summed E-state index contributed by atoms with van der Waals surface area (Å²) in [5, 5.41) is 8.63. The molecule has 0 fully saturated rings. The van der Waals surface area contributed by atoms with Crippen LogP contribution in [0.2, 0.25) is 5.02 Å². The van der Waals surface area contributed by atoms with E-state index in [1.54, 1.807) is 12.3 Å². The molecule has 0 spiro atoms. The smallest absolute Gasteiger partial charge is 0.192 e. The Morgan fingerprint density at radius 3 is 2.81 bits per heavy atom. The fourth-order valence-corrected chi connectivity index (χ4v) is 4.32. The zero-order valence-electron chi connectivity index (χ0n) is 14.1. The third-order valence-electron chi connectivity index (χ3n) is 4.05. The molecule has 4 aromatic rings. The lowest BCUT2D eigenvalue weighted by atomic mass is 10.0. The quantitative estimate of drug-likeness (QED) is 0.339. The van der Waals surface area contributed by atoms with Gasteiger partial charge in [0.15, 0.2) is 5.13 Å². The Hall–Kier alpha value is -2.28. The monoisotopic (exact) mass is 415 g/mol. The van der Waals surface area contributed by atoms with Crippen LogP contribution in [0.4, 0.5) is 15.2 Å². The van der Waals surface area contributed by atoms with Gasteiger partial charge in [0.1, 0.15) is 5.82 Å². The molecule has 7 heteroatoms. The third kappa shape index (κ3) is 4.18. The van der Waals surface area contributed by atoms with Gasteiger partial charge < -0.3 is 10.0 Å². The van der Waals surface area contributed by atoms with Crippen molar-refractivity contribution in [2.75, 3.05) is 10.0 Å². The standard InChI is InChI=1S/C20H15ClFN3S2/c21-16-10-19(27-25-20-23-8-9-26-20)17(22)11-18(16)24-12-14-6-3-5-13-4-1-2-7-15(13)14/h1-11,24H,12H2,(H,23,25). The van der Waals surface area contributed by atoms with Crippen LogP contribution < -0.4 is 10.0 Å². The van der Waals surface area contributed by atoms with Gasteiger partial charge in [0.25, 0.3) is 0 Å². The maximum atomic E-state index is 14.5. The summed E-state index contributed by atoms with van der Waals surface area (Å²) in [5.74, 6) is -0.339. The van der Waals surface area contributed by atoms with Crippen molar-refractivity contribution < 1.29 is 4.39 Å². The maximum absolute atomic E-state index is 14.5. The molecule has 27 heavy (non-hydrogen) atoms. The Balaban J connectivity index is 1.49. The molecule has 3 nitrogen and oxygen atoms in total. The number of halogens is 2. The maximum Gasteiger partial charge on any atom is 0.192 e. The molecule has 2 N–H and O–H groups in total. The van der Waals surface area contributed by atoms with Crippen LogP contribution in [0.25, 0.3) is 10.8 Å². The summed E-state index contributed by atoms with van der Waals surface area (Å²) in [4.78, 5) is 4.53. The average molecular weight is 416 g/mol. The van der Waals surface area contributed by atoms with Gasteiger partial charge in [0, 0.05) is 18.1 Å². The van der Waals surface area contributed by atoms with Crippen molar-refractivity contribution in [2.24, 2.45) is 0 Å². The van der Waals surface area contributed by atoms with Crippen molar-refractivity contribution in [1.29, 1.82) is 0 Å². The van der Waals surface area contributed by atoms with Crippen molar-refractivity contribution in [3.8, 4) is 0 Å². The van der Waals surface area contributed by atoms with E-state index in [0.717, 1.165) is 17.5 Å². The molecule has 0 atom stereocenters. The van der Waals surface area contributed by atoms with Crippen LogP contribution in [0, 0.1) is 5.82 Å². The number of aromatic nitrogens is 1. The highest BCUT2D eigenvalue weighted by Crippen LogP contribution is 2.32. The van der Waals surface area contributed by atoms with E-state index in [4.69, 9.17) is 11.6 Å². The number of rotatable bonds is 6. The van der Waals surface area contributed by atoms with Gasteiger partial charge in [-0.15, -0.1) is 11.3 Å². The Morgan fingerprint density at radius 2 is 1.96 bits per heavy atom. The summed E-state index contributed by atoms with van der Waals surface area (Å²) in [6.45, 7) is 0.560. The van der Waals surface area contributed by atoms with E-state index in [2.05, 4.69) is 39.3 Å². The molecular weight excluding hydrogens is 401 g/mol. The first-order chi connectivity index (χ1) is 13.2. The molecule has 4 rings (SSSR count). The summed E-state index contributed by atoms with van der Waals surface area (Å²) in [5.41, 5.74) is 1.70. The first-order valence-corrected chi connectivity index (χ1v) is 10.3. The molecule has 0 amide bonds. The number of hydrogen-bond acceptors (Lipinski definition) is 5. The molecule has 0 aliphatic carbocycles. The Morgan fingerprint density at radius 1 is 1.11 bits per heavy atom. The molecular formula is C20H15ClFN3S2. The third-order valence-corrected chi connectivity index (χ3v) is 6.01. The second-order valence-corrected chi connectivity index (χ2v) is 7.95. The summed E-state index contributed by atoms with van der Waals surface area (Å²) >= 11 is 8.97. The molecule has 3 aromatic carbocycles. The Kier molecular flexibility index (Phi) is 5.48. The predicted octanol–water partition coefficient (Wildman–Crippen LogP) is 6.82. The highest BCUT2D eigenvalue weighted by Gasteiger charge is 2.11. The summed E-state index contributed by atoms with van der Waals surface area (Å²) in [6.07, 6.45) is 1.69. The Bertz CT molecular complexity index is 1060. The molecule has 0 saturated carbocycles. The van der Waals surface area contributed by atoms with Crippen molar-refractivity contribution in [3.05, 3.63) is 82.6 Å². The number of benzene rings is 3. The van der Waals surface area contributed by atoms with E-state index in [0.29, 0.717) is 27.3 Å². The molecule has 136 valence electrons. The number of fused-ring (bicyclic) bond motifs is 1. The largest absolute Gasteiger partial charge is 0.380 e. The van der Waals surface area contributed by atoms with Crippen molar-refractivity contribution in [1.82, 2.24) is 4.98 Å². The van der Waals surface area contributed by atoms with Gasteiger partial charge in [-0.25, -0.2) is 9.37 Å². The van der Waals surface area contributed by atoms with Gasteiger partial charge in [0.2, 0.25) is 0 Å². The van der Waals surface area contributed by atoms with Gasteiger partial charge in [-0.05, 0) is 40.4 Å². The van der Waals surface area contributed by atoms with Crippen LogP contribution in [0.1, 0.15) is 5.56 Å². The molecule has 0 aliphatic heterocycles. The lowest BCUT2D eigenvalue weighted by Gasteiger charge is -2.12. The second kappa shape index (κ2) is 8.17. The predicted molar refractivity (Wildman–Crippen MR) is 114 cm³/mol. The van der Waals surface area contributed by atoms with Crippen molar-refractivity contribution in [3.63, 3.8) is 0 Å². The second-order valence-electron chi connectivity index (χ2n) is 5.80. The van der Waals surface area contributed by atoms with E-state index in [-0.39, 0.29) is 5.82 Å². The SMILES string of the molecule is Fc1cc(NCc2cccc3ccccc23)c(Cl)cc1SNc1nccs1. The van der Waals surface area contributed by atoms with Crippen LogP contribution in [-0.4, -0.2) is 4.98 Å². The normalized spacial score (nSPS) is 10.9. The van der Waals surface area contributed by atoms with Crippen molar-refractivity contribution in [2.45, 2.75) is 11.4 Å². The van der Waals surface area contributed by atoms with Crippen LogP contribution in [0.3, 0.4) is 0 Å². The fraction of sp³-hybridized carbons (Fsp3) is 0.0500. The van der Waals surface area contributed by atoms with E-state index < -0.39 is 0 Å². The minimum absolute atomic E-state index is 0.339. The van der Waals surface area contributed by atoms with E-state index in [9.17, 15) is 4.39 Å². The van der Waals surface area contributed by atoms with Crippen molar-refractivity contribution >= 4 is 56.5 Å². The molecule has 0 saturated heterocycles. The van der Waals surface area contributed by atoms with Gasteiger partial charge in [-0.3, -0.25) is 0 Å². The highest BCUT2D eigenvalue weighted by molar-refractivity contribution is 8.00. The van der Waals surface area contributed by atoms with Crippen LogP contribution >= 0.6 is 34.9 Å². The molecule has 0 aliphatic rings. The lowest BCUT2D eigenvalue weighted by Crippen LogP contribution is -2.02. The fourth-order valence-electron chi connectivity index (χ4n) is 2.75. The average Bonchev–Trinajstić information content (AvgIpc) is 3.21. The molecule has 0 radical (unpaired) electrons. The zero-order valence-corrected chi connectivity index (χ0v) is 16.5. The number of thiazole rings is 1. The van der Waals surface area contributed by atoms with Gasteiger partial charge in [-0.2, -0.15) is 0 Å². The van der Waals surface area contributed by atoms with E-state index in [1.165, 1.54) is 28.2 Å². The van der Waals surface area contributed by atoms with E-state index >= 15 is 0 Å². The first-order valence-electron chi connectivity index (χ1n) is 8.22. The first kappa shape index (κ1) is 18.1. The number of anilines is 2. The molecule has 0 unspecified atom stereocenters.